The van der Waals surface area contributed by atoms with E-state index in [2.05, 4.69) is 15.3 Å². The van der Waals surface area contributed by atoms with Crippen LogP contribution < -0.4 is 5.32 Å². The molecule has 6 nitrogen and oxygen atoms in total. The van der Waals surface area contributed by atoms with Crippen molar-refractivity contribution >= 4 is 5.91 Å². The molecule has 4 rings (SSSR count). The Kier molecular flexibility index (Phi) is 4.52. The molecule has 0 aromatic carbocycles. The number of hydrogen-bond acceptors (Lipinski definition) is 4. The number of nitrogens with one attached hydrogen (secondary N) is 1. The summed E-state index contributed by atoms with van der Waals surface area (Å²) < 4.78 is 32.9. The molecule has 3 heterocycles. The number of aromatic nitrogens is 2. The lowest BCUT2D eigenvalue weighted by Gasteiger charge is -2.35. The van der Waals surface area contributed by atoms with Crippen molar-refractivity contribution in [2.24, 2.45) is 5.92 Å². The van der Waals surface area contributed by atoms with Gasteiger partial charge in [0, 0.05) is 56.7 Å². The van der Waals surface area contributed by atoms with Gasteiger partial charge in [0.2, 0.25) is 11.8 Å². The number of furan rings is 1. The van der Waals surface area contributed by atoms with E-state index in [-0.39, 0.29) is 24.8 Å². The summed E-state index contributed by atoms with van der Waals surface area (Å²) in [5.41, 5.74) is 2.26. The second kappa shape index (κ2) is 6.83. The lowest BCUT2D eigenvalue weighted by Crippen LogP contribution is -2.45. The molecular formula is C18H22F2N4O2. The van der Waals surface area contributed by atoms with E-state index in [1.54, 1.807) is 18.7 Å². The Balaban J connectivity index is 1.31. The summed E-state index contributed by atoms with van der Waals surface area (Å²) in [4.78, 5) is 14.3. The van der Waals surface area contributed by atoms with Crippen LogP contribution in [-0.2, 0) is 17.9 Å². The first-order chi connectivity index (χ1) is 12.5. The normalized spacial score (nSPS) is 22.6. The van der Waals surface area contributed by atoms with E-state index in [1.807, 2.05) is 16.8 Å². The zero-order valence-electron chi connectivity index (χ0n) is 14.4. The highest BCUT2D eigenvalue weighted by atomic mass is 19.3. The van der Waals surface area contributed by atoms with Crippen LogP contribution in [0.15, 0.2) is 35.3 Å². The molecule has 1 fully saturated rings. The van der Waals surface area contributed by atoms with Crippen LogP contribution in [0.25, 0.3) is 0 Å². The van der Waals surface area contributed by atoms with E-state index in [0.717, 1.165) is 30.9 Å². The third kappa shape index (κ3) is 3.65. The number of nitrogens with zero attached hydrogens (tertiary/aromatic N) is 3. The minimum absolute atomic E-state index is 0.142. The molecule has 0 spiro atoms. The van der Waals surface area contributed by atoms with E-state index in [0.29, 0.717) is 13.0 Å². The van der Waals surface area contributed by atoms with Gasteiger partial charge in [-0.3, -0.25) is 14.4 Å². The predicted octanol–water partition coefficient (Wildman–Crippen LogP) is 2.58. The number of hydrogen-bond donors (Lipinski definition) is 1. The molecule has 2 aromatic rings. The molecule has 1 aliphatic heterocycles. The summed E-state index contributed by atoms with van der Waals surface area (Å²) in [7, 11) is 0. The minimum Gasteiger partial charge on any atom is -0.472 e. The Morgan fingerprint density at radius 3 is 2.96 bits per heavy atom. The van der Waals surface area contributed by atoms with E-state index >= 15 is 0 Å². The average molecular weight is 364 g/mol. The molecule has 140 valence electrons. The van der Waals surface area contributed by atoms with E-state index < -0.39 is 11.8 Å². The van der Waals surface area contributed by atoms with Gasteiger partial charge in [-0.1, -0.05) is 0 Å². The van der Waals surface area contributed by atoms with Crippen LogP contribution in [0.1, 0.15) is 36.6 Å². The van der Waals surface area contributed by atoms with Crippen LogP contribution in [0.3, 0.4) is 0 Å². The second-order valence-electron chi connectivity index (χ2n) is 7.26. The first-order valence-corrected chi connectivity index (χ1v) is 8.91. The number of carbonyl (C=O) groups excluding carboxylic acids is 1. The molecule has 0 saturated heterocycles. The maximum Gasteiger partial charge on any atom is 0.249 e. The Bertz CT molecular complexity index is 751. The zero-order valence-corrected chi connectivity index (χ0v) is 14.4. The van der Waals surface area contributed by atoms with Crippen LogP contribution in [0.4, 0.5) is 8.78 Å². The molecule has 2 aromatic heterocycles. The number of alkyl halides is 2. The van der Waals surface area contributed by atoms with Crippen LogP contribution in [0.5, 0.6) is 0 Å². The van der Waals surface area contributed by atoms with Gasteiger partial charge in [-0.2, -0.15) is 5.10 Å². The average Bonchev–Trinajstić information content (AvgIpc) is 3.23. The van der Waals surface area contributed by atoms with Crippen molar-refractivity contribution in [3.63, 3.8) is 0 Å². The molecule has 0 radical (unpaired) electrons. The fourth-order valence-electron chi connectivity index (χ4n) is 3.79. The zero-order chi connectivity index (χ0) is 18.1. The Morgan fingerprint density at radius 2 is 2.23 bits per heavy atom. The van der Waals surface area contributed by atoms with Crippen LogP contribution in [0.2, 0.25) is 0 Å². The van der Waals surface area contributed by atoms with Crippen LogP contribution in [0, 0.1) is 5.92 Å². The first-order valence-electron chi connectivity index (χ1n) is 8.91. The Labute approximate surface area is 150 Å². The molecule has 2 aliphatic rings. The van der Waals surface area contributed by atoms with Crippen LogP contribution in [-0.4, -0.2) is 39.6 Å². The van der Waals surface area contributed by atoms with Gasteiger partial charge in [0.15, 0.2) is 0 Å². The van der Waals surface area contributed by atoms with Gasteiger partial charge in [0.05, 0.1) is 24.3 Å². The Hall–Kier alpha value is -2.22. The molecule has 1 amide bonds. The van der Waals surface area contributed by atoms with Crippen molar-refractivity contribution < 1.29 is 18.0 Å². The molecule has 0 bridgehead atoms. The van der Waals surface area contributed by atoms with Crippen molar-refractivity contribution in [2.45, 2.75) is 44.3 Å². The number of halogens is 2. The van der Waals surface area contributed by atoms with Crippen molar-refractivity contribution in [1.29, 1.82) is 0 Å². The maximum atomic E-state index is 12.9. The lowest BCUT2D eigenvalue weighted by atomic mass is 9.81. The molecule has 8 heteroatoms. The largest absolute Gasteiger partial charge is 0.472 e. The highest BCUT2D eigenvalue weighted by Gasteiger charge is 2.48. The minimum atomic E-state index is -2.66. The summed E-state index contributed by atoms with van der Waals surface area (Å²) in [5, 5.41) is 7.21. The first kappa shape index (κ1) is 17.2. The summed E-state index contributed by atoms with van der Waals surface area (Å²) in [6.45, 7) is 2.88. The maximum absolute atomic E-state index is 12.9. The topological polar surface area (TPSA) is 63.3 Å². The van der Waals surface area contributed by atoms with E-state index in [9.17, 15) is 13.6 Å². The quantitative estimate of drug-likeness (QED) is 0.856. The highest BCUT2D eigenvalue weighted by molar-refractivity contribution is 5.79. The van der Waals surface area contributed by atoms with Gasteiger partial charge in [0.1, 0.15) is 0 Å². The van der Waals surface area contributed by atoms with Crippen molar-refractivity contribution in [3.8, 4) is 0 Å². The summed E-state index contributed by atoms with van der Waals surface area (Å²) >= 11 is 0. The van der Waals surface area contributed by atoms with Gasteiger partial charge >= 0.3 is 0 Å². The lowest BCUT2D eigenvalue weighted by molar-refractivity contribution is -0.150. The van der Waals surface area contributed by atoms with Gasteiger partial charge in [-0.25, -0.2) is 8.78 Å². The molecule has 1 saturated carbocycles. The van der Waals surface area contributed by atoms with Gasteiger partial charge in [-0.05, 0) is 18.6 Å². The van der Waals surface area contributed by atoms with Crippen molar-refractivity contribution in [1.82, 2.24) is 20.0 Å². The fraction of sp³-hybridized carbons (Fsp3) is 0.556. The van der Waals surface area contributed by atoms with E-state index in [1.165, 1.54) is 0 Å². The van der Waals surface area contributed by atoms with Gasteiger partial charge < -0.3 is 9.73 Å². The summed E-state index contributed by atoms with van der Waals surface area (Å²) in [6.07, 6.45) is 5.26. The third-order valence-corrected chi connectivity index (χ3v) is 5.18. The number of fused-ring (bicyclic) bond motifs is 1. The molecule has 0 unspecified atom stereocenters. The van der Waals surface area contributed by atoms with Crippen LogP contribution >= 0.6 is 0 Å². The number of carbonyl (C=O) groups is 1. The van der Waals surface area contributed by atoms with Crippen molar-refractivity contribution in [2.75, 3.05) is 13.1 Å². The highest BCUT2D eigenvalue weighted by Crippen LogP contribution is 2.42. The van der Waals surface area contributed by atoms with Gasteiger partial charge in [0.25, 0.3) is 0 Å². The third-order valence-electron chi connectivity index (χ3n) is 5.18. The summed E-state index contributed by atoms with van der Waals surface area (Å²) in [5.74, 6) is -3.47. The second-order valence-corrected chi connectivity index (χ2v) is 7.26. The monoisotopic (exact) mass is 364 g/mol. The van der Waals surface area contributed by atoms with Gasteiger partial charge in [-0.15, -0.1) is 0 Å². The predicted molar refractivity (Wildman–Crippen MR) is 89.4 cm³/mol. The van der Waals surface area contributed by atoms with Crippen molar-refractivity contribution in [3.05, 3.63) is 42.1 Å². The summed E-state index contributed by atoms with van der Waals surface area (Å²) in [6, 6.07) is 4.10. The fourth-order valence-corrected chi connectivity index (χ4v) is 3.79. The number of amides is 1. The standard InChI is InChI=1S/C18H22F2N4O2/c19-18(20)7-14(8-18)17(25)21-4-1-15-10-23(9-13-3-6-26-12-13)11-16-2-5-22-24(15)16/h2-3,5-6,12,14-15H,1,4,7-11H2,(H,21,25)/t15-/m1/s1. The molecule has 1 aliphatic carbocycles. The smallest absolute Gasteiger partial charge is 0.249 e. The molecule has 26 heavy (non-hydrogen) atoms. The molecular weight excluding hydrogens is 342 g/mol. The van der Waals surface area contributed by atoms with E-state index in [4.69, 9.17) is 4.42 Å². The molecule has 1 N–H and O–H groups in total. The molecule has 1 atom stereocenters. The number of rotatable bonds is 6. The SMILES string of the molecule is O=C(NCC[C@@H]1CN(Cc2ccoc2)Cc2ccnn21)C1CC(F)(F)C1. The Morgan fingerprint density at radius 1 is 1.38 bits per heavy atom.